The number of allylic oxidation sites excluding steroid dienone is 1. The number of hydrogen-bond donors (Lipinski definition) is 1. The number of phenols is 1. The van der Waals surface area contributed by atoms with Crippen LogP contribution >= 0.6 is 0 Å². The molecule has 1 aromatic carbocycles. The van der Waals surface area contributed by atoms with E-state index in [4.69, 9.17) is 0 Å². The van der Waals surface area contributed by atoms with Crippen molar-refractivity contribution in [2.45, 2.75) is 32.1 Å². The van der Waals surface area contributed by atoms with Crippen LogP contribution in [0, 0.1) is 5.41 Å². The van der Waals surface area contributed by atoms with E-state index in [0.717, 1.165) is 23.1 Å². The van der Waals surface area contributed by atoms with Gasteiger partial charge in [-0.3, -0.25) is 4.79 Å². The van der Waals surface area contributed by atoms with Gasteiger partial charge < -0.3 is 5.11 Å². The molecule has 0 amide bonds. The number of fused-ring (bicyclic) bond motifs is 3. The van der Waals surface area contributed by atoms with Crippen LogP contribution in [0.1, 0.15) is 43.2 Å². The van der Waals surface area contributed by atoms with Gasteiger partial charge in [0, 0.05) is 17.4 Å². The molecule has 17 heavy (non-hydrogen) atoms. The van der Waals surface area contributed by atoms with Crippen molar-refractivity contribution < 1.29 is 9.90 Å². The summed E-state index contributed by atoms with van der Waals surface area (Å²) < 4.78 is 0. The monoisotopic (exact) mass is 228 g/mol. The Bertz CT molecular complexity index is 530. The van der Waals surface area contributed by atoms with Gasteiger partial charge in [0.25, 0.3) is 0 Å². The quantitative estimate of drug-likeness (QED) is 0.740. The molecule has 88 valence electrons. The third-order valence-electron chi connectivity index (χ3n) is 4.45. The van der Waals surface area contributed by atoms with Crippen molar-refractivity contribution in [1.82, 2.24) is 0 Å². The van der Waals surface area contributed by atoms with E-state index in [9.17, 15) is 9.90 Å². The van der Waals surface area contributed by atoms with E-state index in [1.807, 2.05) is 19.1 Å². The number of ketones is 1. The number of Topliss-reactive ketones (excluding diaryl/α,β-unsaturated/α-hetero) is 1. The van der Waals surface area contributed by atoms with Crippen LogP contribution in [0.2, 0.25) is 0 Å². The fourth-order valence-corrected chi connectivity index (χ4v) is 3.56. The molecule has 1 fully saturated rings. The minimum atomic E-state index is -0.294. The molecule has 1 saturated carbocycles. The Balaban J connectivity index is 2.24. The van der Waals surface area contributed by atoms with Crippen molar-refractivity contribution in [3.05, 3.63) is 35.9 Å². The summed E-state index contributed by atoms with van der Waals surface area (Å²) >= 11 is 0. The van der Waals surface area contributed by atoms with Crippen molar-refractivity contribution in [1.29, 1.82) is 0 Å². The first-order valence-electron chi connectivity index (χ1n) is 6.07. The van der Waals surface area contributed by atoms with E-state index < -0.39 is 0 Å². The first-order valence-corrected chi connectivity index (χ1v) is 6.07. The van der Waals surface area contributed by atoms with E-state index in [1.54, 1.807) is 6.07 Å². The van der Waals surface area contributed by atoms with Gasteiger partial charge in [-0.05, 0) is 36.0 Å². The van der Waals surface area contributed by atoms with Gasteiger partial charge in [-0.1, -0.05) is 25.6 Å². The third-order valence-corrected chi connectivity index (χ3v) is 4.45. The van der Waals surface area contributed by atoms with Crippen molar-refractivity contribution in [2.24, 2.45) is 5.41 Å². The maximum atomic E-state index is 12.1. The molecule has 0 aliphatic heterocycles. The average Bonchev–Trinajstić information content (AvgIpc) is 2.55. The molecule has 2 heteroatoms. The predicted octanol–water partition coefficient (Wildman–Crippen LogP) is 3.26. The van der Waals surface area contributed by atoms with Crippen LogP contribution < -0.4 is 0 Å². The summed E-state index contributed by atoms with van der Waals surface area (Å²) in [7, 11) is 0. The predicted molar refractivity (Wildman–Crippen MR) is 66.8 cm³/mol. The van der Waals surface area contributed by atoms with Crippen LogP contribution in [0.5, 0.6) is 5.75 Å². The van der Waals surface area contributed by atoms with Gasteiger partial charge in [-0.15, -0.1) is 0 Å². The molecule has 0 bridgehead atoms. The van der Waals surface area contributed by atoms with Crippen LogP contribution in [0.15, 0.2) is 24.8 Å². The molecule has 0 saturated heterocycles. The lowest BCUT2D eigenvalue weighted by atomic mass is 9.65. The zero-order chi connectivity index (χ0) is 12.2. The van der Waals surface area contributed by atoms with E-state index in [1.165, 1.54) is 0 Å². The summed E-state index contributed by atoms with van der Waals surface area (Å²) in [6.45, 7) is 6.09. The molecule has 2 nitrogen and oxygen atoms in total. The molecule has 1 N–H and O–H groups in total. The van der Waals surface area contributed by atoms with Crippen LogP contribution in [-0.4, -0.2) is 10.9 Å². The van der Waals surface area contributed by atoms with Crippen LogP contribution in [0.4, 0.5) is 0 Å². The minimum absolute atomic E-state index is 0.252. The van der Waals surface area contributed by atoms with Gasteiger partial charge in [0.1, 0.15) is 11.5 Å². The van der Waals surface area contributed by atoms with Gasteiger partial charge in [0.15, 0.2) is 0 Å². The Labute approximate surface area is 101 Å². The first kappa shape index (κ1) is 10.6. The van der Waals surface area contributed by atoms with E-state index in [0.29, 0.717) is 24.4 Å². The molecule has 1 aromatic rings. The summed E-state index contributed by atoms with van der Waals surface area (Å²) in [5.74, 6) is 0.897. The van der Waals surface area contributed by atoms with E-state index in [-0.39, 0.29) is 11.3 Å². The fraction of sp³-hybridized carbons (Fsp3) is 0.400. The van der Waals surface area contributed by atoms with Crippen molar-refractivity contribution in [3.8, 4) is 5.75 Å². The topological polar surface area (TPSA) is 37.3 Å². The molecule has 0 spiro atoms. The molecule has 0 unspecified atom stereocenters. The highest BCUT2D eigenvalue weighted by Gasteiger charge is 2.50. The second-order valence-corrected chi connectivity index (χ2v) is 5.45. The second-order valence-electron chi connectivity index (χ2n) is 5.45. The molecular formula is C15H16O2. The molecule has 2 atom stereocenters. The summed E-state index contributed by atoms with van der Waals surface area (Å²) in [5, 5.41) is 9.95. The highest BCUT2D eigenvalue weighted by molar-refractivity contribution is 5.92. The Morgan fingerprint density at radius 3 is 3.00 bits per heavy atom. The molecule has 3 rings (SSSR count). The largest absolute Gasteiger partial charge is 0.507 e. The lowest BCUT2D eigenvalue weighted by molar-refractivity contribution is -0.125. The highest BCUT2D eigenvalue weighted by atomic mass is 16.3. The van der Waals surface area contributed by atoms with E-state index >= 15 is 0 Å². The van der Waals surface area contributed by atoms with Crippen molar-refractivity contribution >= 4 is 11.4 Å². The summed E-state index contributed by atoms with van der Waals surface area (Å²) in [6, 6.07) is 5.58. The third kappa shape index (κ3) is 1.24. The SMILES string of the molecule is C=C1C[C@]2(C)C(=O)CC[C@@H]2c2cccc(O)c21. The standard InChI is InChI=1S/C15H16O2/c1-9-8-15(2)11(6-7-13(15)17)10-4-3-5-12(16)14(9)10/h3-5,11,16H,1,6-8H2,2H3/t11-,15+/m1/s1. The number of hydrogen-bond acceptors (Lipinski definition) is 2. The Hall–Kier alpha value is -1.57. The number of phenolic OH excluding ortho intramolecular Hbond substituents is 1. The lowest BCUT2D eigenvalue weighted by Gasteiger charge is -2.37. The first-order chi connectivity index (χ1) is 8.04. The van der Waals surface area contributed by atoms with Gasteiger partial charge in [0.2, 0.25) is 0 Å². The number of aromatic hydroxyl groups is 1. The van der Waals surface area contributed by atoms with Gasteiger partial charge in [-0.25, -0.2) is 0 Å². The summed E-state index contributed by atoms with van der Waals surface area (Å²) in [6.07, 6.45) is 2.24. The lowest BCUT2D eigenvalue weighted by Crippen LogP contribution is -2.31. The molecule has 2 aliphatic carbocycles. The summed E-state index contributed by atoms with van der Waals surface area (Å²) in [4.78, 5) is 12.1. The number of rotatable bonds is 0. The van der Waals surface area contributed by atoms with Crippen molar-refractivity contribution in [3.63, 3.8) is 0 Å². The molecular weight excluding hydrogens is 212 g/mol. The molecule has 0 radical (unpaired) electrons. The van der Waals surface area contributed by atoms with Crippen LogP contribution in [0.3, 0.4) is 0 Å². The van der Waals surface area contributed by atoms with Gasteiger partial charge >= 0.3 is 0 Å². The molecule has 2 aliphatic rings. The van der Waals surface area contributed by atoms with Crippen molar-refractivity contribution in [2.75, 3.05) is 0 Å². The van der Waals surface area contributed by atoms with Crippen LogP contribution in [0.25, 0.3) is 5.57 Å². The maximum Gasteiger partial charge on any atom is 0.139 e. The van der Waals surface area contributed by atoms with Gasteiger partial charge in [-0.2, -0.15) is 0 Å². The maximum absolute atomic E-state index is 12.1. The zero-order valence-electron chi connectivity index (χ0n) is 9.99. The molecule has 0 heterocycles. The van der Waals surface area contributed by atoms with E-state index in [2.05, 4.69) is 6.58 Å². The number of carbonyl (C=O) groups excluding carboxylic acids is 1. The zero-order valence-corrected chi connectivity index (χ0v) is 9.99. The Kier molecular flexibility index (Phi) is 2.00. The fourth-order valence-electron chi connectivity index (χ4n) is 3.56. The normalized spacial score (nSPS) is 31.2. The van der Waals surface area contributed by atoms with Crippen LogP contribution in [-0.2, 0) is 4.79 Å². The smallest absolute Gasteiger partial charge is 0.139 e. The number of benzene rings is 1. The Morgan fingerprint density at radius 2 is 2.24 bits per heavy atom. The summed E-state index contributed by atoms with van der Waals surface area (Å²) in [5.41, 5.74) is 2.59. The average molecular weight is 228 g/mol. The van der Waals surface area contributed by atoms with Gasteiger partial charge in [0.05, 0.1) is 0 Å². The number of carbonyl (C=O) groups is 1. The second kappa shape index (κ2) is 3.22. The minimum Gasteiger partial charge on any atom is -0.507 e. The molecule has 0 aromatic heterocycles. The Morgan fingerprint density at radius 1 is 1.47 bits per heavy atom. The highest BCUT2D eigenvalue weighted by Crippen LogP contribution is 2.57.